The van der Waals surface area contributed by atoms with Crippen molar-refractivity contribution in [1.29, 1.82) is 0 Å². The summed E-state index contributed by atoms with van der Waals surface area (Å²) in [5.74, 6) is 1.41. The number of thiocarbonyl (C=S) groups is 1. The van der Waals surface area contributed by atoms with Gasteiger partial charge < -0.3 is 10.6 Å². The van der Waals surface area contributed by atoms with Gasteiger partial charge in [0.15, 0.2) is 5.11 Å². The third kappa shape index (κ3) is 2.56. The van der Waals surface area contributed by atoms with Gasteiger partial charge in [0.1, 0.15) is 0 Å². The second-order valence-electron chi connectivity index (χ2n) is 5.19. The van der Waals surface area contributed by atoms with Crippen molar-refractivity contribution in [3.8, 4) is 0 Å². The highest BCUT2D eigenvalue weighted by atomic mass is 32.1. The van der Waals surface area contributed by atoms with Crippen molar-refractivity contribution in [1.82, 2.24) is 5.32 Å². The van der Waals surface area contributed by atoms with Crippen molar-refractivity contribution in [2.24, 2.45) is 11.8 Å². The number of para-hydroxylation sites is 1. The zero-order chi connectivity index (χ0) is 12.4. The summed E-state index contributed by atoms with van der Waals surface area (Å²) in [5.41, 5.74) is 1.05. The Bertz CT molecular complexity index is 455. The van der Waals surface area contributed by atoms with E-state index >= 15 is 0 Å². The summed E-state index contributed by atoms with van der Waals surface area (Å²) in [5, 5.41) is 7.46. The number of rotatable bonds is 2. The Hall–Kier alpha value is -1.35. The summed E-state index contributed by atoms with van der Waals surface area (Å²) in [6.45, 7) is 0. The van der Waals surface area contributed by atoms with Gasteiger partial charge in [-0.25, -0.2) is 0 Å². The van der Waals surface area contributed by atoms with E-state index in [9.17, 15) is 0 Å². The number of allylic oxidation sites excluding steroid dienone is 1. The molecule has 4 rings (SSSR count). The van der Waals surface area contributed by atoms with E-state index in [0.29, 0.717) is 12.0 Å². The maximum atomic E-state index is 5.39. The molecule has 0 aliphatic heterocycles. The molecule has 3 heteroatoms. The fourth-order valence-electron chi connectivity index (χ4n) is 2.95. The second-order valence-corrected chi connectivity index (χ2v) is 5.60. The lowest BCUT2D eigenvalue weighted by Crippen LogP contribution is -2.46. The van der Waals surface area contributed by atoms with Gasteiger partial charge in [-0.3, -0.25) is 0 Å². The van der Waals surface area contributed by atoms with Crippen LogP contribution in [-0.2, 0) is 0 Å². The predicted molar refractivity (Wildman–Crippen MR) is 79.6 cm³/mol. The second kappa shape index (κ2) is 5.11. The Kier molecular flexibility index (Phi) is 3.33. The highest BCUT2D eigenvalue weighted by molar-refractivity contribution is 7.80. The van der Waals surface area contributed by atoms with E-state index in [1.165, 1.54) is 19.3 Å². The first kappa shape index (κ1) is 11.7. The molecule has 0 unspecified atom stereocenters. The zero-order valence-electron chi connectivity index (χ0n) is 10.3. The van der Waals surface area contributed by atoms with Crippen LogP contribution in [0, 0.1) is 11.8 Å². The molecular formula is C15H18N2S. The summed E-state index contributed by atoms with van der Waals surface area (Å²) in [4.78, 5) is 0. The molecule has 18 heavy (non-hydrogen) atoms. The van der Waals surface area contributed by atoms with Crippen molar-refractivity contribution < 1.29 is 0 Å². The van der Waals surface area contributed by atoms with Gasteiger partial charge in [-0.05, 0) is 55.4 Å². The third-order valence-corrected chi connectivity index (χ3v) is 4.14. The zero-order valence-corrected chi connectivity index (χ0v) is 11.1. The Morgan fingerprint density at radius 2 is 1.94 bits per heavy atom. The van der Waals surface area contributed by atoms with Crippen LogP contribution in [0.5, 0.6) is 0 Å². The summed E-state index contributed by atoms with van der Waals surface area (Å²) in [6, 6.07) is 10.6. The molecule has 3 atom stereocenters. The Balaban J connectivity index is 1.57. The van der Waals surface area contributed by atoms with E-state index in [1.807, 2.05) is 30.3 Å². The topological polar surface area (TPSA) is 24.1 Å². The van der Waals surface area contributed by atoms with Crippen LogP contribution in [0.15, 0.2) is 42.5 Å². The van der Waals surface area contributed by atoms with E-state index < -0.39 is 0 Å². The Morgan fingerprint density at radius 1 is 1.11 bits per heavy atom. The Morgan fingerprint density at radius 3 is 2.56 bits per heavy atom. The molecule has 0 aromatic heterocycles. The van der Waals surface area contributed by atoms with Crippen molar-refractivity contribution in [2.75, 3.05) is 5.32 Å². The quantitative estimate of drug-likeness (QED) is 0.628. The smallest absolute Gasteiger partial charge is 0.171 e. The molecule has 2 nitrogen and oxygen atoms in total. The van der Waals surface area contributed by atoms with Gasteiger partial charge in [0.25, 0.3) is 0 Å². The molecule has 0 heterocycles. The number of anilines is 1. The third-order valence-electron chi connectivity index (χ3n) is 3.92. The van der Waals surface area contributed by atoms with Gasteiger partial charge in [-0.2, -0.15) is 0 Å². The minimum Gasteiger partial charge on any atom is -0.359 e. The molecular weight excluding hydrogens is 240 g/mol. The average Bonchev–Trinajstić information content (AvgIpc) is 2.41. The fraction of sp³-hybridized carbons (Fsp3) is 0.400. The minimum atomic E-state index is 0.512. The molecule has 0 radical (unpaired) electrons. The Labute approximate surface area is 113 Å². The molecule has 3 aliphatic carbocycles. The normalized spacial score (nSPS) is 29.0. The monoisotopic (exact) mass is 258 g/mol. The van der Waals surface area contributed by atoms with Crippen molar-refractivity contribution >= 4 is 23.0 Å². The molecule has 1 saturated carbocycles. The summed E-state index contributed by atoms with van der Waals surface area (Å²) >= 11 is 5.39. The summed E-state index contributed by atoms with van der Waals surface area (Å²) < 4.78 is 0. The van der Waals surface area contributed by atoms with Gasteiger partial charge in [0, 0.05) is 11.7 Å². The van der Waals surface area contributed by atoms with Crippen molar-refractivity contribution in [3.63, 3.8) is 0 Å². The minimum absolute atomic E-state index is 0.512. The van der Waals surface area contributed by atoms with Gasteiger partial charge >= 0.3 is 0 Å². The number of hydrogen-bond donors (Lipinski definition) is 2. The van der Waals surface area contributed by atoms with Gasteiger partial charge in [-0.15, -0.1) is 0 Å². The molecule has 2 N–H and O–H groups in total. The van der Waals surface area contributed by atoms with Crippen LogP contribution in [0.2, 0.25) is 0 Å². The lowest BCUT2D eigenvalue weighted by atomic mass is 9.73. The summed E-state index contributed by atoms with van der Waals surface area (Å²) in [7, 11) is 0. The van der Waals surface area contributed by atoms with Gasteiger partial charge in [-0.1, -0.05) is 30.4 Å². The van der Waals surface area contributed by atoms with Crippen LogP contribution in [0.25, 0.3) is 0 Å². The van der Waals surface area contributed by atoms with Gasteiger partial charge in [0.2, 0.25) is 0 Å². The summed E-state index contributed by atoms with van der Waals surface area (Å²) in [6.07, 6.45) is 8.60. The van der Waals surface area contributed by atoms with Crippen LogP contribution in [0.4, 0.5) is 5.69 Å². The molecule has 1 fully saturated rings. The van der Waals surface area contributed by atoms with Crippen LogP contribution in [0.1, 0.15) is 19.3 Å². The SMILES string of the molecule is S=C(Nc1ccccc1)N[C@H]1C[C@H]2C=C[C@H]1CC2. The molecule has 2 bridgehead atoms. The lowest BCUT2D eigenvalue weighted by molar-refractivity contribution is 0.268. The number of fused-ring (bicyclic) bond motifs is 2. The van der Waals surface area contributed by atoms with E-state index in [1.54, 1.807) is 0 Å². The molecule has 1 aromatic rings. The first-order chi connectivity index (χ1) is 8.81. The number of benzene rings is 1. The lowest BCUT2D eigenvalue weighted by Gasteiger charge is -2.38. The number of nitrogens with one attached hydrogen (secondary N) is 2. The molecule has 0 spiro atoms. The molecule has 94 valence electrons. The molecule has 0 amide bonds. The van der Waals surface area contributed by atoms with Crippen LogP contribution in [0.3, 0.4) is 0 Å². The van der Waals surface area contributed by atoms with Crippen LogP contribution < -0.4 is 10.6 Å². The average molecular weight is 258 g/mol. The van der Waals surface area contributed by atoms with E-state index in [2.05, 4.69) is 22.8 Å². The standard InChI is InChI=1S/C15H18N2S/c18-15(16-13-4-2-1-3-5-13)17-14-10-11-6-8-12(14)9-7-11/h1-6,8,11-12,14H,7,9-10H2,(H2,16,17,18)/t11-,12-,14-/m0/s1. The maximum absolute atomic E-state index is 5.39. The van der Waals surface area contributed by atoms with E-state index in [0.717, 1.165) is 16.7 Å². The van der Waals surface area contributed by atoms with Crippen molar-refractivity contribution in [2.45, 2.75) is 25.3 Å². The van der Waals surface area contributed by atoms with Crippen molar-refractivity contribution in [3.05, 3.63) is 42.5 Å². The first-order valence-corrected chi connectivity index (χ1v) is 7.03. The largest absolute Gasteiger partial charge is 0.359 e. The van der Waals surface area contributed by atoms with Crippen LogP contribution >= 0.6 is 12.2 Å². The number of hydrogen-bond acceptors (Lipinski definition) is 1. The van der Waals surface area contributed by atoms with E-state index in [4.69, 9.17) is 12.2 Å². The predicted octanol–water partition coefficient (Wildman–Crippen LogP) is 3.33. The first-order valence-electron chi connectivity index (χ1n) is 6.62. The highest BCUT2D eigenvalue weighted by Crippen LogP contribution is 2.36. The van der Waals surface area contributed by atoms with E-state index in [-0.39, 0.29) is 0 Å². The molecule has 0 saturated heterocycles. The highest BCUT2D eigenvalue weighted by Gasteiger charge is 2.31. The van der Waals surface area contributed by atoms with Gasteiger partial charge in [0.05, 0.1) is 0 Å². The molecule has 3 aliphatic rings. The maximum Gasteiger partial charge on any atom is 0.171 e. The molecule has 1 aromatic carbocycles. The fourth-order valence-corrected chi connectivity index (χ4v) is 3.22. The van der Waals surface area contributed by atoms with Crippen LogP contribution in [-0.4, -0.2) is 11.2 Å².